The molecule has 2 aromatic heterocycles. The smallest absolute Gasteiger partial charge is 0.0968 e. The van der Waals surface area contributed by atoms with Gasteiger partial charge in [0.1, 0.15) is 0 Å². The number of para-hydroxylation sites is 1. The number of benzene rings is 9. The maximum absolute atomic E-state index is 5.36. The molecule has 0 amide bonds. The fourth-order valence-electron chi connectivity index (χ4n) is 10.3. The van der Waals surface area contributed by atoms with Crippen LogP contribution in [0.4, 0.5) is 5.69 Å². The third-order valence-corrected chi connectivity index (χ3v) is 13.4. The van der Waals surface area contributed by atoms with E-state index in [1.54, 1.807) is 0 Å². The first-order chi connectivity index (χ1) is 30.7. The predicted octanol–water partition coefficient (Wildman–Crippen LogP) is 15.4. The number of pyridine rings is 2. The number of aromatic nitrogens is 2. The number of aryl methyl sites for hydroxylation is 2. The van der Waals surface area contributed by atoms with Crippen LogP contribution in [-0.2, 0) is 12.8 Å². The predicted molar refractivity (Wildman–Crippen MR) is 262 cm³/mol. The van der Waals surface area contributed by atoms with Gasteiger partial charge in [-0.25, -0.2) is 9.97 Å². The van der Waals surface area contributed by atoms with Gasteiger partial charge in [-0.3, -0.25) is 4.99 Å². The highest BCUT2D eigenvalue weighted by molar-refractivity contribution is 6.22. The lowest BCUT2D eigenvalue weighted by atomic mass is 9.85. The first kappa shape index (κ1) is 35.0. The zero-order valence-corrected chi connectivity index (χ0v) is 34.1. The van der Waals surface area contributed by atoms with Crippen molar-refractivity contribution in [1.29, 1.82) is 0 Å². The van der Waals surface area contributed by atoms with Crippen molar-refractivity contribution in [3.05, 3.63) is 204 Å². The lowest BCUT2D eigenvalue weighted by Gasteiger charge is -2.20. The van der Waals surface area contributed by atoms with Crippen molar-refractivity contribution in [2.45, 2.75) is 25.7 Å². The molecule has 2 aliphatic rings. The summed E-state index contributed by atoms with van der Waals surface area (Å²) < 4.78 is 0. The van der Waals surface area contributed by atoms with Crippen LogP contribution in [0.5, 0.6) is 0 Å². The minimum absolute atomic E-state index is 0.936. The van der Waals surface area contributed by atoms with E-state index >= 15 is 0 Å². The Morgan fingerprint density at radius 1 is 0.419 bits per heavy atom. The van der Waals surface area contributed by atoms with Crippen LogP contribution in [0.1, 0.15) is 35.1 Å². The largest absolute Gasteiger partial charge is 0.250 e. The van der Waals surface area contributed by atoms with Gasteiger partial charge in [-0.1, -0.05) is 158 Å². The quantitative estimate of drug-likeness (QED) is 0.167. The maximum atomic E-state index is 5.36. The van der Waals surface area contributed by atoms with E-state index in [0.29, 0.717) is 0 Å². The Kier molecular flexibility index (Phi) is 7.86. The van der Waals surface area contributed by atoms with Crippen molar-refractivity contribution < 1.29 is 0 Å². The number of hydrogen-bond donors (Lipinski definition) is 0. The summed E-state index contributed by atoms with van der Waals surface area (Å²) in [5, 5.41) is 12.4. The summed E-state index contributed by atoms with van der Waals surface area (Å²) in [5.41, 5.74) is 16.0. The van der Waals surface area contributed by atoms with Crippen LogP contribution in [0.3, 0.4) is 0 Å². The van der Waals surface area contributed by atoms with Gasteiger partial charge in [0.25, 0.3) is 0 Å². The molecule has 62 heavy (non-hydrogen) atoms. The fourth-order valence-corrected chi connectivity index (χ4v) is 10.3. The fraction of sp³-hybridized carbons (Fsp3) is 0.0678. The molecule has 3 heteroatoms. The molecule has 0 saturated heterocycles. The van der Waals surface area contributed by atoms with Crippen LogP contribution in [0.25, 0.3) is 105 Å². The Morgan fingerprint density at radius 2 is 1.15 bits per heavy atom. The molecule has 0 unspecified atom stereocenters. The molecule has 3 heterocycles. The molecule has 1 aliphatic carbocycles. The minimum atomic E-state index is 0.936. The van der Waals surface area contributed by atoms with Gasteiger partial charge in [0.05, 0.1) is 28.1 Å². The van der Waals surface area contributed by atoms with Crippen molar-refractivity contribution in [2.24, 2.45) is 4.99 Å². The Bertz CT molecular complexity index is 3730. The lowest BCUT2D eigenvalue weighted by molar-refractivity contribution is 1.00. The summed E-state index contributed by atoms with van der Waals surface area (Å²) in [4.78, 5) is 15.9. The van der Waals surface area contributed by atoms with E-state index in [4.69, 9.17) is 15.0 Å². The molecule has 0 fully saturated rings. The molecule has 1 aliphatic heterocycles. The first-order valence-corrected chi connectivity index (χ1v) is 21.8. The second-order valence-electron chi connectivity index (χ2n) is 16.9. The summed E-state index contributed by atoms with van der Waals surface area (Å²) in [7, 11) is 0. The summed E-state index contributed by atoms with van der Waals surface area (Å²) in [6.07, 6.45) is 8.63. The van der Waals surface area contributed by atoms with Gasteiger partial charge in [0.2, 0.25) is 0 Å². The average molecular weight is 790 g/mol. The van der Waals surface area contributed by atoms with E-state index in [-0.39, 0.29) is 0 Å². The van der Waals surface area contributed by atoms with Gasteiger partial charge in [0, 0.05) is 38.4 Å². The second kappa shape index (κ2) is 13.9. The highest BCUT2D eigenvalue weighted by Gasteiger charge is 2.20. The summed E-state index contributed by atoms with van der Waals surface area (Å²) in [6.45, 7) is 0. The first-order valence-electron chi connectivity index (χ1n) is 21.8. The molecule has 0 saturated carbocycles. The van der Waals surface area contributed by atoms with Crippen molar-refractivity contribution in [3.8, 4) is 33.6 Å². The van der Waals surface area contributed by atoms with Crippen molar-refractivity contribution in [1.82, 2.24) is 9.97 Å². The lowest BCUT2D eigenvalue weighted by Crippen LogP contribution is -2.08. The van der Waals surface area contributed by atoms with Crippen LogP contribution < -0.4 is 0 Å². The Morgan fingerprint density at radius 3 is 2.08 bits per heavy atom. The Labute approximate surface area is 359 Å². The van der Waals surface area contributed by atoms with Crippen LogP contribution >= 0.6 is 0 Å². The SMILES string of the molecule is C1=Cc2c(c3cc(-c4cccc(-c5nc6ccccc6c6c5ccc5ccccc56)c4)ccc3c3ccc(-c4ccc5ccc6c(c5n4)N=C(c4ccccc4)CC6)cc23)CC1. The third-order valence-electron chi connectivity index (χ3n) is 13.4. The zero-order valence-electron chi connectivity index (χ0n) is 34.1. The summed E-state index contributed by atoms with van der Waals surface area (Å²) >= 11 is 0. The zero-order chi connectivity index (χ0) is 40.7. The van der Waals surface area contributed by atoms with E-state index in [1.165, 1.54) is 81.9 Å². The Hall–Kier alpha value is -7.75. The number of fused-ring (bicyclic) bond motifs is 14. The van der Waals surface area contributed by atoms with E-state index in [9.17, 15) is 0 Å². The van der Waals surface area contributed by atoms with Gasteiger partial charge in [-0.15, -0.1) is 0 Å². The molecule has 3 nitrogen and oxygen atoms in total. The van der Waals surface area contributed by atoms with E-state index < -0.39 is 0 Å². The monoisotopic (exact) mass is 789 g/mol. The number of nitrogens with zero attached hydrogens (tertiary/aromatic N) is 3. The Balaban J connectivity index is 0.925. The average Bonchev–Trinajstić information content (AvgIpc) is 3.35. The molecule has 0 radical (unpaired) electrons. The molecule has 11 aromatic rings. The van der Waals surface area contributed by atoms with E-state index in [1.807, 2.05) is 0 Å². The van der Waals surface area contributed by atoms with E-state index in [0.717, 1.165) is 76.0 Å². The molecular weight excluding hydrogens is 751 g/mol. The molecule has 0 atom stereocenters. The molecule has 13 rings (SSSR count). The topological polar surface area (TPSA) is 38.1 Å². The van der Waals surface area contributed by atoms with Crippen LogP contribution in [0, 0.1) is 0 Å². The number of hydrogen-bond acceptors (Lipinski definition) is 3. The number of aliphatic imine (C=N–C) groups is 1. The van der Waals surface area contributed by atoms with E-state index in [2.05, 4.69) is 188 Å². The second-order valence-corrected chi connectivity index (χ2v) is 16.9. The highest BCUT2D eigenvalue weighted by Crippen LogP contribution is 2.43. The number of allylic oxidation sites excluding steroid dienone is 1. The molecule has 0 spiro atoms. The maximum Gasteiger partial charge on any atom is 0.0968 e. The third kappa shape index (κ3) is 5.55. The minimum Gasteiger partial charge on any atom is -0.250 e. The molecule has 0 bridgehead atoms. The summed E-state index contributed by atoms with van der Waals surface area (Å²) in [5.74, 6) is 0. The van der Waals surface area contributed by atoms with Gasteiger partial charge >= 0.3 is 0 Å². The van der Waals surface area contributed by atoms with Crippen LogP contribution in [-0.4, -0.2) is 15.7 Å². The molecule has 0 N–H and O–H groups in total. The van der Waals surface area contributed by atoms with Crippen molar-refractivity contribution in [2.75, 3.05) is 0 Å². The van der Waals surface area contributed by atoms with Crippen LogP contribution in [0.15, 0.2) is 187 Å². The van der Waals surface area contributed by atoms with Crippen molar-refractivity contribution in [3.63, 3.8) is 0 Å². The highest BCUT2D eigenvalue weighted by atomic mass is 14.8. The molecular formula is C59H39N3. The standard InChI is InChI=1S/C59H39N3/c1-2-12-37(13-3-1)53-31-26-38-21-22-39-27-32-54(61-59(39)58(38)60-53)42-25-29-48-47-28-24-41(34-51(47)45-17-6-7-18-46(45)52(48)35-42)40-14-10-15-43(33-40)57-50-30-23-36-11-4-5-16-44(36)56(50)49-19-8-9-20-55(49)62-57/h1-5,7-16,18-25,27-30,32-35H,6,17,26,31H2. The van der Waals surface area contributed by atoms with Gasteiger partial charge in [-0.2, -0.15) is 0 Å². The normalized spacial score (nSPS) is 13.6. The van der Waals surface area contributed by atoms with Gasteiger partial charge in [-0.05, 0) is 122 Å². The van der Waals surface area contributed by atoms with Gasteiger partial charge < -0.3 is 0 Å². The van der Waals surface area contributed by atoms with Gasteiger partial charge in [0.15, 0.2) is 0 Å². The summed E-state index contributed by atoms with van der Waals surface area (Å²) in [6, 6.07) is 64.1. The molecule has 9 aromatic carbocycles. The van der Waals surface area contributed by atoms with Crippen molar-refractivity contribution >= 4 is 82.4 Å². The number of rotatable bonds is 4. The van der Waals surface area contributed by atoms with Crippen LogP contribution in [0.2, 0.25) is 0 Å². The molecule has 290 valence electrons.